The highest BCUT2D eigenvalue weighted by Crippen LogP contribution is 2.31. The molecule has 0 aliphatic heterocycles. The second kappa shape index (κ2) is 15.4. The van der Waals surface area contributed by atoms with E-state index in [9.17, 15) is 9.59 Å². The van der Waals surface area contributed by atoms with Crippen LogP contribution < -0.4 is 4.74 Å². The van der Waals surface area contributed by atoms with E-state index in [0.29, 0.717) is 17.5 Å². The van der Waals surface area contributed by atoms with Gasteiger partial charge >= 0.3 is 11.9 Å². The third-order valence-corrected chi connectivity index (χ3v) is 9.50. The molecule has 3 aromatic carbocycles. The van der Waals surface area contributed by atoms with E-state index in [1.165, 1.54) is 0 Å². The number of carbonyl (C=O) groups is 2. The van der Waals surface area contributed by atoms with Gasteiger partial charge in [-0.15, -0.1) is 23.5 Å². The maximum atomic E-state index is 11.1. The van der Waals surface area contributed by atoms with Gasteiger partial charge in [0.15, 0.2) is 6.61 Å². The minimum Gasteiger partial charge on any atom is -0.482 e. The van der Waals surface area contributed by atoms with Gasteiger partial charge in [-0.25, -0.2) is 14.8 Å². The van der Waals surface area contributed by atoms with Crippen molar-refractivity contribution in [1.29, 1.82) is 0 Å². The molecule has 5 aromatic rings. The Bertz CT molecular complexity index is 1900. The number of hydrogen-bond acceptors (Lipinski definition) is 9. The predicted octanol–water partition coefficient (Wildman–Crippen LogP) is 7.99. The second-order valence-electron chi connectivity index (χ2n) is 11.1. The number of hydrogen-bond donors (Lipinski definition) is 2. The number of oxazole rings is 2. The lowest BCUT2D eigenvalue weighted by Gasteiger charge is -2.08. The zero-order valence-electron chi connectivity index (χ0n) is 26.7. The monoisotopic (exact) mass is 672 g/mol. The first-order valence-corrected chi connectivity index (χ1v) is 17.1. The Morgan fingerprint density at radius 2 is 1.28 bits per heavy atom. The van der Waals surface area contributed by atoms with Gasteiger partial charge in [-0.05, 0) is 92.9 Å². The maximum Gasteiger partial charge on any atom is 0.341 e. The fraction of sp³-hybridized carbons (Fsp3) is 0.278. The standard InChI is InChI=1S/C36H36N2O7S2/c1-21-16-28(9-8-25(21)19-33(39)40)46-14-12-30-23(3)44-35(37-30)26-6-5-7-27(18-26)36-38-31(24(4)45-36)13-15-47-29-10-11-32(22(2)17-29)43-20-34(41)42/h5-11,16-18H,12-15,19-20H2,1-4H3,(H,39,40)(H,41,42). The molecule has 2 aromatic heterocycles. The molecule has 0 aliphatic carbocycles. The van der Waals surface area contributed by atoms with Crippen LogP contribution in [0.15, 0.2) is 79.3 Å². The van der Waals surface area contributed by atoms with E-state index < -0.39 is 11.9 Å². The van der Waals surface area contributed by atoms with Crippen LogP contribution in [-0.2, 0) is 28.9 Å². The van der Waals surface area contributed by atoms with Crippen molar-refractivity contribution in [1.82, 2.24) is 9.97 Å². The minimum atomic E-state index is -1.00. The summed E-state index contributed by atoms with van der Waals surface area (Å²) in [6.45, 7) is 7.33. The van der Waals surface area contributed by atoms with Gasteiger partial charge in [-0.2, -0.15) is 0 Å². The normalized spacial score (nSPS) is 11.1. The Morgan fingerprint density at radius 1 is 0.723 bits per heavy atom. The van der Waals surface area contributed by atoms with Gasteiger partial charge in [0.2, 0.25) is 11.8 Å². The highest BCUT2D eigenvalue weighted by Gasteiger charge is 2.16. The van der Waals surface area contributed by atoms with E-state index in [1.807, 2.05) is 82.3 Å². The van der Waals surface area contributed by atoms with Gasteiger partial charge in [0.25, 0.3) is 0 Å². The molecular formula is C36H36N2O7S2. The van der Waals surface area contributed by atoms with E-state index in [4.69, 9.17) is 33.8 Å². The lowest BCUT2D eigenvalue weighted by molar-refractivity contribution is -0.139. The van der Waals surface area contributed by atoms with Crippen LogP contribution in [0, 0.1) is 27.7 Å². The van der Waals surface area contributed by atoms with Gasteiger partial charge in [0, 0.05) is 45.3 Å². The Balaban J connectivity index is 1.18. The van der Waals surface area contributed by atoms with Crippen molar-refractivity contribution in [2.45, 2.75) is 56.7 Å². The van der Waals surface area contributed by atoms with Crippen molar-refractivity contribution in [3.05, 3.63) is 100 Å². The fourth-order valence-electron chi connectivity index (χ4n) is 5.02. The quantitative estimate of drug-likeness (QED) is 0.105. The van der Waals surface area contributed by atoms with Crippen LogP contribution in [0.25, 0.3) is 22.9 Å². The summed E-state index contributed by atoms with van der Waals surface area (Å²) < 4.78 is 17.5. The highest BCUT2D eigenvalue weighted by molar-refractivity contribution is 7.99. The SMILES string of the molecule is Cc1cc(SCCc2nc(-c3cccc(-c4nc(CCSc5ccc(OCC(=O)O)c(C)c5)c(C)o4)c3)oc2C)ccc1CC(=O)O. The number of ether oxygens (including phenoxy) is 1. The molecule has 0 atom stereocenters. The van der Waals surface area contributed by atoms with Crippen LogP contribution in [0.3, 0.4) is 0 Å². The molecule has 0 radical (unpaired) electrons. The second-order valence-corrected chi connectivity index (χ2v) is 13.4. The number of rotatable bonds is 15. The van der Waals surface area contributed by atoms with Gasteiger partial charge < -0.3 is 23.8 Å². The summed E-state index contributed by atoms with van der Waals surface area (Å²) in [6.07, 6.45) is 1.49. The molecule has 0 amide bonds. The summed E-state index contributed by atoms with van der Waals surface area (Å²) in [4.78, 5) is 33.6. The first-order valence-electron chi connectivity index (χ1n) is 15.1. The van der Waals surface area contributed by atoms with E-state index in [-0.39, 0.29) is 13.0 Å². The van der Waals surface area contributed by atoms with Crippen molar-refractivity contribution in [2.24, 2.45) is 0 Å². The molecule has 11 heteroatoms. The average Bonchev–Trinajstić information content (AvgIpc) is 3.59. The summed E-state index contributed by atoms with van der Waals surface area (Å²) in [7, 11) is 0. The first-order chi connectivity index (χ1) is 22.5. The Hall–Kier alpha value is -4.48. The van der Waals surface area contributed by atoms with Gasteiger partial charge in [0.1, 0.15) is 17.3 Å². The predicted molar refractivity (Wildman–Crippen MR) is 183 cm³/mol. The molecular weight excluding hydrogens is 637 g/mol. The van der Waals surface area contributed by atoms with Crippen LogP contribution >= 0.6 is 23.5 Å². The third-order valence-electron chi connectivity index (χ3n) is 7.51. The lowest BCUT2D eigenvalue weighted by Crippen LogP contribution is -2.10. The zero-order chi connectivity index (χ0) is 33.5. The number of carboxylic acid groups (broad SMARTS) is 2. The van der Waals surface area contributed by atoms with Gasteiger partial charge in [0.05, 0.1) is 17.8 Å². The first kappa shape index (κ1) is 33.9. The number of nitrogens with zero attached hydrogens (tertiary/aromatic N) is 2. The van der Waals surface area contributed by atoms with Crippen LogP contribution in [0.1, 0.15) is 39.6 Å². The number of thioether (sulfide) groups is 2. The lowest BCUT2D eigenvalue weighted by atomic mass is 10.1. The van der Waals surface area contributed by atoms with Gasteiger partial charge in [-0.1, -0.05) is 12.1 Å². The molecule has 5 rings (SSSR count). The number of aliphatic carboxylic acids is 2. The van der Waals surface area contributed by atoms with Crippen molar-refractivity contribution in [3.63, 3.8) is 0 Å². The molecule has 2 heterocycles. The van der Waals surface area contributed by atoms with Crippen LogP contribution in [0.2, 0.25) is 0 Å². The molecule has 0 bridgehead atoms. The molecule has 0 fully saturated rings. The minimum absolute atomic E-state index is 0.0294. The molecule has 0 spiro atoms. The van der Waals surface area contributed by atoms with E-state index in [1.54, 1.807) is 29.6 Å². The average molecular weight is 673 g/mol. The Kier molecular flexibility index (Phi) is 11.1. The Morgan fingerprint density at radius 3 is 1.79 bits per heavy atom. The molecule has 9 nitrogen and oxygen atoms in total. The van der Waals surface area contributed by atoms with E-state index in [2.05, 4.69) is 0 Å². The van der Waals surface area contributed by atoms with Crippen molar-refractivity contribution >= 4 is 35.5 Å². The topological polar surface area (TPSA) is 136 Å². The van der Waals surface area contributed by atoms with Crippen LogP contribution in [-0.4, -0.2) is 50.2 Å². The van der Waals surface area contributed by atoms with Crippen molar-refractivity contribution in [3.8, 4) is 28.7 Å². The fourth-order valence-corrected chi connectivity index (χ4v) is 6.93. The molecule has 47 heavy (non-hydrogen) atoms. The zero-order valence-corrected chi connectivity index (χ0v) is 28.3. The summed E-state index contributed by atoms with van der Waals surface area (Å²) in [5.41, 5.74) is 6.18. The van der Waals surface area contributed by atoms with Crippen LogP contribution in [0.4, 0.5) is 0 Å². The third kappa shape index (κ3) is 9.08. The molecule has 244 valence electrons. The molecule has 2 N–H and O–H groups in total. The number of carboxylic acids is 2. The molecule has 0 saturated carbocycles. The Labute approximate surface area is 281 Å². The van der Waals surface area contributed by atoms with Crippen molar-refractivity contribution in [2.75, 3.05) is 18.1 Å². The largest absolute Gasteiger partial charge is 0.482 e. The number of aromatic nitrogens is 2. The maximum absolute atomic E-state index is 11.1. The van der Waals surface area contributed by atoms with Crippen molar-refractivity contribution < 1.29 is 33.4 Å². The summed E-state index contributed by atoms with van der Waals surface area (Å²) >= 11 is 3.40. The summed E-state index contributed by atoms with van der Waals surface area (Å²) in [5.74, 6) is 3.00. The summed E-state index contributed by atoms with van der Waals surface area (Å²) in [6, 6.07) is 19.5. The van der Waals surface area contributed by atoms with Gasteiger partial charge in [-0.3, -0.25) is 4.79 Å². The highest BCUT2D eigenvalue weighted by atomic mass is 32.2. The number of benzene rings is 3. The van der Waals surface area contributed by atoms with Crippen LogP contribution in [0.5, 0.6) is 5.75 Å². The summed E-state index contributed by atoms with van der Waals surface area (Å²) in [5, 5.41) is 17.9. The van der Waals surface area contributed by atoms with E-state index >= 15 is 0 Å². The molecule has 0 saturated heterocycles. The molecule has 0 unspecified atom stereocenters. The smallest absolute Gasteiger partial charge is 0.341 e. The molecule has 0 aliphatic rings. The van der Waals surface area contributed by atoms with E-state index in [0.717, 1.165) is 84.9 Å². The number of aryl methyl sites for hydroxylation is 6.